The molecule has 0 bridgehead atoms. The molecule has 0 heterocycles. The van der Waals surface area contributed by atoms with Gasteiger partial charge in [0, 0.05) is 25.7 Å². The zero-order valence-corrected chi connectivity index (χ0v) is 57.7. The number of hydrogen-bond donors (Lipinski definition) is 3. The van der Waals surface area contributed by atoms with Crippen molar-refractivity contribution in [1.29, 1.82) is 0 Å². The van der Waals surface area contributed by atoms with Gasteiger partial charge in [0.2, 0.25) is 0 Å². The summed E-state index contributed by atoms with van der Waals surface area (Å²) in [7, 11) is -9.90. The molecule has 0 aromatic heterocycles. The van der Waals surface area contributed by atoms with Crippen LogP contribution in [0, 0.1) is 23.7 Å². The van der Waals surface area contributed by atoms with Crippen molar-refractivity contribution in [2.24, 2.45) is 23.7 Å². The maximum atomic E-state index is 13.0. The van der Waals surface area contributed by atoms with Crippen molar-refractivity contribution in [2.75, 3.05) is 39.6 Å². The van der Waals surface area contributed by atoms with E-state index in [9.17, 15) is 43.2 Å². The van der Waals surface area contributed by atoms with E-state index in [2.05, 4.69) is 55.4 Å². The van der Waals surface area contributed by atoms with Gasteiger partial charge in [-0.05, 0) is 49.4 Å². The van der Waals surface area contributed by atoms with Crippen LogP contribution in [0.3, 0.4) is 0 Å². The molecule has 0 fully saturated rings. The largest absolute Gasteiger partial charge is 0.472 e. The van der Waals surface area contributed by atoms with Crippen LogP contribution in [0.25, 0.3) is 0 Å². The van der Waals surface area contributed by atoms with Gasteiger partial charge < -0.3 is 33.8 Å². The van der Waals surface area contributed by atoms with Gasteiger partial charge in [0.1, 0.15) is 19.3 Å². The van der Waals surface area contributed by atoms with Crippen LogP contribution in [-0.2, 0) is 65.4 Å². The van der Waals surface area contributed by atoms with E-state index in [0.717, 1.165) is 120 Å². The van der Waals surface area contributed by atoms with Gasteiger partial charge in [0.15, 0.2) is 12.2 Å². The molecule has 0 rings (SSSR count). The first-order valence-electron chi connectivity index (χ1n) is 34.7. The number of esters is 4. The number of carbonyl (C=O) groups excluding carboxylic acids is 4. The van der Waals surface area contributed by atoms with Crippen molar-refractivity contribution in [1.82, 2.24) is 0 Å². The van der Waals surface area contributed by atoms with Crippen molar-refractivity contribution in [3.63, 3.8) is 0 Å². The van der Waals surface area contributed by atoms with Crippen LogP contribution in [0.4, 0.5) is 0 Å². The average Bonchev–Trinajstić information content (AvgIpc) is 3.68. The van der Waals surface area contributed by atoms with E-state index >= 15 is 0 Å². The van der Waals surface area contributed by atoms with E-state index in [4.69, 9.17) is 37.0 Å². The number of ether oxygens (including phenoxy) is 4. The molecule has 19 heteroatoms. The molecule has 0 aromatic rings. The first-order valence-corrected chi connectivity index (χ1v) is 37.7. The van der Waals surface area contributed by atoms with Crippen molar-refractivity contribution in [2.45, 2.75) is 343 Å². The second-order valence-electron chi connectivity index (χ2n) is 25.9. The molecule has 0 aliphatic heterocycles. The Labute approximate surface area is 524 Å². The lowest BCUT2D eigenvalue weighted by atomic mass is 10.00. The summed E-state index contributed by atoms with van der Waals surface area (Å²) in [6, 6.07) is 0. The van der Waals surface area contributed by atoms with E-state index in [1.807, 2.05) is 0 Å². The van der Waals surface area contributed by atoms with Gasteiger partial charge in [0.25, 0.3) is 0 Å². The molecule has 3 N–H and O–H groups in total. The fourth-order valence-corrected chi connectivity index (χ4v) is 11.5. The third-order valence-corrected chi connectivity index (χ3v) is 17.6. The Morgan fingerprint density at radius 2 is 0.558 bits per heavy atom. The Morgan fingerprint density at radius 1 is 0.326 bits per heavy atom. The van der Waals surface area contributed by atoms with Gasteiger partial charge >= 0.3 is 39.5 Å². The van der Waals surface area contributed by atoms with Crippen molar-refractivity contribution in [3.8, 4) is 0 Å². The fraction of sp³-hybridized carbons (Fsp3) is 0.940. The van der Waals surface area contributed by atoms with Crippen LogP contribution < -0.4 is 0 Å². The molecule has 4 unspecified atom stereocenters. The van der Waals surface area contributed by atoms with E-state index in [1.165, 1.54) is 116 Å². The molecule has 17 nitrogen and oxygen atoms in total. The van der Waals surface area contributed by atoms with Crippen LogP contribution in [0.5, 0.6) is 0 Å². The van der Waals surface area contributed by atoms with Crippen LogP contribution in [0.2, 0.25) is 0 Å². The Balaban J connectivity index is 5.26. The number of phosphoric acid groups is 2. The predicted molar refractivity (Wildman–Crippen MR) is 344 cm³/mol. The number of hydrogen-bond acceptors (Lipinski definition) is 15. The lowest BCUT2D eigenvalue weighted by Gasteiger charge is -2.21. The summed E-state index contributed by atoms with van der Waals surface area (Å²) in [5, 5.41) is 10.6. The Kier molecular flexibility index (Phi) is 55.7. The molecule has 0 saturated carbocycles. The minimum atomic E-state index is -4.95. The summed E-state index contributed by atoms with van der Waals surface area (Å²) in [4.78, 5) is 72.4. The molecule has 0 radical (unpaired) electrons. The predicted octanol–water partition coefficient (Wildman–Crippen LogP) is 18.5. The summed E-state index contributed by atoms with van der Waals surface area (Å²) in [5.41, 5.74) is 0. The maximum Gasteiger partial charge on any atom is 0.472 e. The van der Waals surface area contributed by atoms with Crippen LogP contribution in [0.1, 0.15) is 325 Å². The lowest BCUT2D eigenvalue weighted by molar-refractivity contribution is -0.161. The lowest BCUT2D eigenvalue weighted by Crippen LogP contribution is -2.30. The summed E-state index contributed by atoms with van der Waals surface area (Å²) in [6.07, 6.45) is 37.6. The van der Waals surface area contributed by atoms with Gasteiger partial charge in [-0.3, -0.25) is 37.3 Å². The topological polar surface area (TPSA) is 237 Å². The van der Waals surface area contributed by atoms with Gasteiger partial charge in [-0.1, -0.05) is 274 Å². The number of carbonyl (C=O) groups is 4. The summed E-state index contributed by atoms with van der Waals surface area (Å²) < 4.78 is 68.1. The van der Waals surface area contributed by atoms with Gasteiger partial charge in [0.05, 0.1) is 26.4 Å². The molecular formula is C67H130O17P2. The SMILES string of the molecule is CCC(C)CCCCCCCCC(=O)OC[C@H](COP(=O)(O)OCC(O)COP(=O)(O)OC[C@@H](COC(=O)CCCCCCCCCC(C)C)OC(=O)CCCCCCCCCCCCC(C)C)OC(=O)CCCCCCCCCCCCC(C)C. The highest BCUT2D eigenvalue weighted by Gasteiger charge is 2.30. The molecule has 86 heavy (non-hydrogen) atoms. The first kappa shape index (κ1) is 84.1. The van der Waals surface area contributed by atoms with Gasteiger partial charge in [-0.2, -0.15) is 0 Å². The van der Waals surface area contributed by atoms with Crippen molar-refractivity contribution in [3.05, 3.63) is 0 Å². The summed E-state index contributed by atoms with van der Waals surface area (Å²) in [5.74, 6) is 0.804. The third-order valence-electron chi connectivity index (χ3n) is 15.7. The average molecular weight is 1270 g/mol. The normalized spacial score (nSPS) is 14.7. The molecule has 6 atom stereocenters. The van der Waals surface area contributed by atoms with Crippen molar-refractivity contribution < 1.29 is 80.2 Å². The smallest absolute Gasteiger partial charge is 0.462 e. The molecule has 510 valence electrons. The third kappa shape index (κ3) is 59.7. The Hall–Kier alpha value is -1.94. The van der Waals surface area contributed by atoms with Crippen LogP contribution in [-0.4, -0.2) is 96.7 Å². The van der Waals surface area contributed by atoms with E-state index < -0.39 is 97.5 Å². The van der Waals surface area contributed by atoms with E-state index in [1.54, 1.807) is 0 Å². The Bertz CT molecular complexity index is 1720. The van der Waals surface area contributed by atoms with E-state index in [-0.39, 0.29) is 25.7 Å². The Morgan fingerprint density at radius 3 is 0.826 bits per heavy atom. The number of aliphatic hydroxyl groups excluding tert-OH is 1. The van der Waals surface area contributed by atoms with Gasteiger partial charge in [-0.15, -0.1) is 0 Å². The van der Waals surface area contributed by atoms with Crippen molar-refractivity contribution >= 4 is 39.5 Å². The second-order valence-corrected chi connectivity index (χ2v) is 28.8. The summed E-state index contributed by atoms with van der Waals surface area (Å²) >= 11 is 0. The minimum Gasteiger partial charge on any atom is -0.462 e. The molecule has 0 amide bonds. The molecular weight excluding hydrogens is 1140 g/mol. The molecule has 0 saturated heterocycles. The first-order chi connectivity index (χ1) is 41.1. The minimum absolute atomic E-state index is 0.104. The molecule has 0 aromatic carbocycles. The van der Waals surface area contributed by atoms with Gasteiger partial charge in [-0.25, -0.2) is 9.13 Å². The molecule has 0 aliphatic carbocycles. The van der Waals surface area contributed by atoms with Crippen LogP contribution >= 0.6 is 15.6 Å². The molecule has 0 spiro atoms. The van der Waals surface area contributed by atoms with Crippen LogP contribution in [0.15, 0.2) is 0 Å². The monoisotopic (exact) mass is 1270 g/mol. The number of unbranched alkanes of at least 4 members (excludes halogenated alkanes) is 29. The second kappa shape index (κ2) is 57.0. The quantitative estimate of drug-likeness (QED) is 0.0222. The standard InChI is InChI=1S/C67H130O17P2/c1-9-60(8)46-38-30-25-26-32-40-48-65(70)78-54-63(84-67(72)50-42-34-23-17-13-11-15-20-28-36-44-58(4)5)56-82-86(75,76)80-52-61(68)51-79-85(73,74)81-55-62(53-77-64(69)47-39-31-24-18-21-29-37-45-59(6)7)83-66(71)49-41-33-22-16-12-10-14-19-27-35-43-57(2)3/h57-63,68H,9-56H2,1-8H3,(H,73,74)(H,75,76)/t60?,61?,62-,63-/m1/s1. The summed E-state index contributed by atoms with van der Waals surface area (Å²) in [6.45, 7) is 14.0. The maximum absolute atomic E-state index is 13.0. The number of phosphoric ester groups is 2. The highest BCUT2D eigenvalue weighted by molar-refractivity contribution is 7.47. The molecule has 0 aliphatic rings. The number of rotatable bonds is 64. The highest BCUT2D eigenvalue weighted by atomic mass is 31.2. The highest BCUT2D eigenvalue weighted by Crippen LogP contribution is 2.45. The zero-order valence-electron chi connectivity index (χ0n) is 55.9. The fourth-order valence-electron chi connectivity index (χ4n) is 9.93. The van der Waals surface area contributed by atoms with E-state index in [0.29, 0.717) is 31.6 Å². The number of aliphatic hydroxyl groups is 1. The zero-order chi connectivity index (χ0) is 63.9.